The number of fused-ring (bicyclic) bond motifs is 1. The standard InChI is InChI=1S/C20H25BrN4O4/c1-20(2,3)29-18(26)22-9-15-10-24-11-16(21)23-17(24)12-25(15)19(27)28-13-14-7-5-4-6-8-14/h4-8,11,15H,9-10,12-13H2,1-3H3,(H,22,26). The zero-order valence-electron chi connectivity index (χ0n) is 16.7. The number of hydrogen-bond acceptors (Lipinski definition) is 5. The molecule has 2 heterocycles. The molecule has 8 nitrogen and oxygen atoms in total. The molecule has 1 N–H and O–H groups in total. The highest BCUT2D eigenvalue weighted by molar-refractivity contribution is 9.10. The number of aromatic nitrogens is 2. The van der Waals surface area contributed by atoms with Gasteiger partial charge in [0.25, 0.3) is 0 Å². The average Bonchev–Trinajstić information content (AvgIpc) is 3.02. The van der Waals surface area contributed by atoms with Gasteiger partial charge in [0.05, 0.1) is 12.6 Å². The molecule has 0 bridgehead atoms. The lowest BCUT2D eigenvalue weighted by atomic mass is 10.2. The highest BCUT2D eigenvalue weighted by Gasteiger charge is 2.32. The van der Waals surface area contributed by atoms with E-state index in [4.69, 9.17) is 9.47 Å². The lowest BCUT2D eigenvalue weighted by molar-refractivity contribution is 0.0445. The first kappa shape index (κ1) is 21.2. The third-order valence-corrected chi connectivity index (χ3v) is 4.69. The highest BCUT2D eigenvalue weighted by atomic mass is 79.9. The number of amides is 2. The van der Waals surface area contributed by atoms with E-state index in [0.717, 1.165) is 11.4 Å². The Morgan fingerprint density at radius 3 is 2.69 bits per heavy atom. The molecule has 0 saturated carbocycles. The van der Waals surface area contributed by atoms with Gasteiger partial charge in [-0.05, 0) is 42.3 Å². The summed E-state index contributed by atoms with van der Waals surface area (Å²) in [5.41, 5.74) is 0.318. The van der Waals surface area contributed by atoms with Crippen molar-refractivity contribution in [2.24, 2.45) is 0 Å². The first-order valence-corrected chi connectivity index (χ1v) is 10.2. The zero-order valence-corrected chi connectivity index (χ0v) is 18.3. The Morgan fingerprint density at radius 2 is 2.00 bits per heavy atom. The zero-order chi connectivity index (χ0) is 21.0. The van der Waals surface area contributed by atoms with Crippen LogP contribution in [0.5, 0.6) is 0 Å². The largest absolute Gasteiger partial charge is 0.445 e. The van der Waals surface area contributed by atoms with Crippen LogP contribution < -0.4 is 5.32 Å². The van der Waals surface area contributed by atoms with Gasteiger partial charge in [0.1, 0.15) is 22.6 Å². The van der Waals surface area contributed by atoms with Crippen molar-refractivity contribution in [3.63, 3.8) is 0 Å². The average molecular weight is 465 g/mol. The molecule has 0 aliphatic carbocycles. The normalized spacial score (nSPS) is 16.1. The number of nitrogens with zero attached hydrogens (tertiary/aromatic N) is 3. The number of carbonyl (C=O) groups is 2. The van der Waals surface area contributed by atoms with Gasteiger partial charge in [-0.1, -0.05) is 30.3 Å². The number of rotatable bonds is 4. The summed E-state index contributed by atoms with van der Waals surface area (Å²) in [7, 11) is 0. The molecule has 1 atom stereocenters. The Labute approximate surface area is 178 Å². The summed E-state index contributed by atoms with van der Waals surface area (Å²) < 4.78 is 13.5. The fraction of sp³-hybridized carbons (Fsp3) is 0.450. The van der Waals surface area contributed by atoms with Gasteiger partial charge < -0.3 is 19.4 Å². The molecule has 1 aromatic carbocycles. The smallest absolute Gasteiger partial charge is 0.410 e. The van der Waals surface area contributed by atoms with E-state index in [1.54, 1.807) is 25.7 Å². The number of carbonyl (C=O) groups excluding carboxylic acids is 2. The van der Waals surface area contributed by atoms with E-state index < -0.39 is 17.8 Å². The maximum absolute atomic E-state index is 12.8. The van der Waals surface area contributed by atoms with Crippen molar-refractivity contribution >= 4 is 28.1 Å². The second-order valence-electron chi connectivity index (χ2n) is 7.84. The predicted octanol–water partition coefficient (Wildman–Crippen LogP) is 3.69. The van der Waals surface area contributed by atoms with E-state index in [9.17, 15) is 9.59 Å². The molecule has 2 aromatic rings. The monoisotopic (exact) mass is 464 g/mol. The van der Waals surface area contributed by atoms with Crippen molar-refractivity contribution in [3.8, 4) is 0 Å². The van der Waals surface area contributed by atoms with Crippen LogP contribution >= 0.6 is 15.9 Å². The Balaban J connectivity index is 1.67. The third-order valence-electron chi connectivity index (χ3n) is 4.31. The molecule has 156 valence electrons. The molecule has 1 aromatic heterocycles. The fourth-order valence-corrected chi connectivity index (χ4v) is 3.47. The third kappa shape index (κ3) is 5.96. The number of hydrogen-bond donors (Lipinski definition) is 1. The summed E-state index contributed by atoms with van der Waals surface area (Å²) in [6.07, 6.45) is 0.894. The number of ether oxygens (including phenoxy) is 2. The summed E-state index contributed by atoms with van der Waals surface area (Å²) in [6, 6.07) is 9.20. The predicted molar refractivity (Wildman–Crippen MR) is 110 cm³/mol. The van der Waals surface area contributed by atoms with Crippen molar-refractivity contribution in [1.29, 1.82) is 0 Å². The minimum Gasteiger partial charge on any atom is -0.445 e. The van der Waals surface area contributed by atoms with Gasteiger partial charge in [-0.15, -0.1) is 0 Å². The number of benzene rings is 1. The highest BCUT2D eigenvalue weighted by Crippen LogP contribution is 2.21. The summed E-state index contributed by atoms with van der Waals surface area (Å²) in [4.78, 5) is 30.8. The SMILES string of the molecule is CC(C)(C)OC(=O)NCC1Cn2cc(Br)nc2CN1C(=O)OCc1ccccc1. The van der Waals surface area contributed by atoms with Crippen LogP contribution in [0.3, 0.4) is 0 Å². The first-order valence-electron chi connectivity index (χ1n) is 9.37. The van der Waals surface area contributed by atoms with Gasteiger partial charge in [0.2, 0.25) is 0 Å². The first-order chi connectivity index (χ1) is 13.7. The van der Waals surface area contributed by atoms with Crippen molar-refractivity contribution in [2.75, 3.05) is 6.54 Å². The van der Waals surface area contributed by atoms with Gasteiger partial charge in [-0.25, -0.2) is 14.6 Å². The van der Waals surface area contributed by atoms with Gasteiger partial charge >= 0.3 is 12.2 Å². The van der Waals surface area contributed by atoms with Gasteiger partial charge in [0, 0.05) is 19.3 Å². The summed E-state index contributed by atoms with van der Waals surface area (Å²) >= 11 is 3.37. The topological polar surface area (TPSA) is 85.7 Å². The molecule has 9 heteroatoms. The van der Waals surface area contributed by atoms with Gasteiger partial charge in [-0.3, -0.25) is 4.90 Å². The molecular formula is C20H25BrN4O4. The summed E-state index contributed by atoms with van der Waals surface area (Å²) in [5.74, 6) is 0.752. The van der Waals surface area contributed by atoms with Crippen molar-refractivity contribution in [1.82, 2.24) is 19.8 Å². The molecule has 1 aliphatic rings. The Morgan fingerprint density at radius 1 is 1.28 bits per heavy atom. The lowest BCUT2D eigenvalue weighted by Crippen LogP contribution is -2.52. The van der Waals surface area contributed by atoms with E-state index in [2.05, 4.69) is 26.2 Å². The maximum atomic E-state index is 12.8. The molecule has 3 rings (SSSR count). The minimum atomic E-state index is -0.590. The van der Waals surface area contributed by atoms with Crippen LogP contribution in [0.2, 0.25) is 0 Å². The van der Waals surface area contributed by atoms with Crippen molar-refractivity contribution in [3.05, 3.63) is 52.5 Å². The number of nitrogens with one attached hydrogen (secondary N) is 1. The fourth-order valence-electron chi connectivity index (χ4n) is 3.02. The van der Waals surface area contributed by atoms with Gasteiger partial charge in [0.15, 0.2) is 0 Å². The Kier molecular flexibility index (Phi) is 6.46. The molecule has 2 amide bonds. The van der Waals surface area contributed by atoms with E-state index in [-0.39, 0.29) is 19.2 Å². The van der Waals surface area contributed by atoms with E-state index in [1.807, 2.05) is 41.1 Å². The number of imidazole rings is 1. The number of halogens is 1. The number of alkyl carbamates (subject to hydrolysis) is 1. The minimum absolute atomic E-state index is 0.181. The molecule has 0 spiro atoms. The van der Waals surface area contributed by atoms with E-state index >= 15 is 0 Å². The van der Waals surface area contributed by atoms with Crippen LogP contribution in [-0.2, 0) is 29.2 Å². The lowest BCUT2D eigenvalue weighted by Gasteiger charge is -2.35. The molecule has 0 radical (unpaired) electrons. The van der Waals surface area contributed by atoms with Crippen LogP contribution in [0.25, 0.3) is 0 Å². The molecule has 1 aliphatic heterocycles. The second kappa shape index (κ2) is 8.86. The van der Waals surface area contributed by atoms with Gasteiger partial charge in [-0.2, -0.15) is 0 Å². The molecule has 0 fully saturated rings. The van der Waals surface area contributed by atoms with Crippen LogP contribution in [0.15, 0.2) is 41.1 Å². The molecule has 0 saturated heterocycles. The van der Waals surface area contributed by atoms with Crippen LogP contribution in [0.1, 0.15) is 32.2 Å². The summed E-state index contributed by atoms with van der Waals surface area (Å²) in [5, 5.41) is 2.75. The van der Waals surface area contributed by atoms with E-state index in [0.29, 0.717) is 17.7 Å². The van der Waals surface area contributed by atoms with E-state index in [1.165, 1.54) is 0 Å². The van der Waals surface area contributed by atoms with Crippen LogP contribution in [0, 0.1) is 0 Å². The van der Waals surface area contributed by atoms with Crippen LogP contribution in [-0.4, -0.2) is 44.8 Å². The molecular weight excluding hydrogens is 440 g/mol. The quantitative estimate of drug-likeness (QED) is 0.745. The maximum Gasteiger partial charge on any atom is 0.410 e. The molecule has 1 unspecified atom stereocenters. The Hall–Kier alpha value is -2.55. The molecule has 29 heavy (non-hydrogen) atoms. The summed E-state index contributed by atoms with van der Waals surface area (Å²) in [6.45, 7) is 6.61. The Bertz CT molecular complexity index is 863. The second-order valence-corrected chi connectivity index (χ2v) is 8.65. The van der Waals surface area contributed by atoms with Crippen molar-refractivity contribution in [2.45, 2.75) is 52.1 Å². The van der Waals surface area contributed by atoms with Crippen molar-refractivity contribution < 1.29 is 19.1 Å². The van der Waals surface area contributed by atoms with Crippen LogP contribution in [0.4, 0.5) is 9.59 Å².